The fourth-order valence-electron chi connectivity index (χ4n) is 2.39. The molecule has 0 spiro atoms. The first kappa shape index (κ1) is 12.2. The molecule has 2 heterocycles. The van der Waals surface area contributed by atoms with Crippen LogP contribution in [0.2, 0.25) is 0 Å². The Morgan fingerprint density at radius 2 is 2.05 bits per heavy atom. The van der Waals surface area contributed by atoms with E-state index in [1.807, 2.05) is 24.3 Å². The second-order valence-corrected chi connectivity index (χ2v) is 5.20. The molecule has 0 radical (unpaired) electrons. The van der Waals surface area contributed by atoms with Crippen molar-refractivity contribution in [2.45, 2.75) is 25.4 Å². The van der Waals surface area contributed by atoms with Crippen LogP contribution in [0.5, 0.6) is 0 Å². The third-order valence-corrected chi connectivity index (χ3v) is 3.53. The van der Waals surface area contributed by atoms with E-state index in [4.69, 9.17) is 10.5 Å². The first-order chi connectivity index (χ1) is 9.16. The SMILES string of the molecule is CC1(CNc2nc3ccccc3nc2N)CCCO1. The summed E-state index contributed by atoms with van der Waals surface area (Å²) in [5, 5.41) is 3.26. The van der Waals surface area contributed by atoms with Crippen LogP contribution in [0.3, 0.4) is 0 Å². The van der Waals surface area contributed by atoms with E-state index >= 15 is 0 Å². The smallest absolute Gasteiger partial charge is 0.169 e. The third-order valence-electron chi connectivity index (χ3n) is 3.53. The van der Waals surface area contributed by atoms with E-state index in [9.17, 15) is 0 Å². The van der Waals surface area contributed by atoms with Gasteiger partial charge in [0.25, 0.3) is 0 Å². The van der Waals surface area contributed by atoms with Gasteiger partial charge in [-0.15, -0.1) is 0 Å². The second-order valence-electron chi connectivity index (χ2n) is 5.20. The highest BCUT2D eigenvalue weighted by Crippen LogP contribution is 2.26. The summed E-state index contributed by atoms with van der Waals surface area (Å²) in [4.78, 5) is 8.87. The zero-order valence-corrected chi connectivity index (χ0v) is 11.0. The zero-order valence-electron chi connectivity index (χ0n) is 11.0. The van der Waals surface area contributed by atoms with Gasteiger partial charge < -0.3 is 15.8 Å². The van der Waals surface area contributed by atoms with Crippen LogP contribution in [0.4, 0.5) is 11.6 Å². The number of aromatic nitrogens is 2. The van der Waals surface area contributed by atoms with Crippen molar-refractivity contribution in [1.29, 1.82) is 0 Å². The van der Waals surface area contributed by atoms with Crippen molar-refractivity contribution in [2.24, 2.45) is 0 Å². The minimum atomic E-state index is -0.125. The minimum absolute atomic E-state index is 0.125. The second kappa shape index (κ2) is 4.66. The van der Waals surface area contributed by atoms with E-state index in [0.29, 0.717) is 18.2 Å². The Balaban J connectivity index is 1.82. The maximum atomic E-state index is 5.94. The normalized spacial score (nSPS) is 22.8. The van der Waals surface area contributed by atoms with Gasteiger partial charge in [-0.05, 0) is 31.9 Å². The Morgan fingerprint density at radius 3 is 2.74 bits per heavy atom. The molecule has 3 rings (SSSR count). The lowest BCUT2D eigenvalue weighted by atomic mass is 10.0. The molecule has 1 atom stereocenters. The Kier molecular flexibility index (Phi) is 2.98. The lowest BCUT2D eigenvalue weighted by Gasteiger charge is -2.23. The number of anilines is 2. The number of hydrogen-bond acceptors (Lipinski definition) is 5. The number of hydrogen-bond donors (Lipinski definition) is 2. The maximum Gasteiger partial charge on any atom is 0.169 e. The lowest BCUT2D eigenvalue weighted by Crippen LogP contribution is -2.33. The molecule has 1 aromatic carbocycles. The number of nitrogens with two attached hydrogens (primary N) is 1. The number of nitrogen functional groups attached to an aromatic ring is 1. The summed E-state index contributed by atoms with van der Waals surface area (Å²) in [6.07, 6.45) is 2.16. The Morgan fingerprint density at radius 1 is 1.32 bits per heavy atom. The molecular weight excluding hydrogens is 240 g/mol. The summed E-state index contributed by atoms with van der Waals surface area (Å²) in [6.45, 7) is 3.64. The molecule has 0 amide bonds. The van der Waals surface area contributed by atoms with Gasteiger partial charge in [0.15, 0.2) is 11.6 Å². The number of rotatable bonds is 3. The molecular formula is C14H18N4O. The molecule has 0 bridgehead atoms. The molecule has 1 fully saturated rings. The Bertz CT molecular complexity index is 593. The molecule has 19 heavy (non-hydrogen) atoms. The summed E-state index contributed by atoms with van der Waals surface area (Å²) in [7, 11) is 0. The van der Waals surface area contributed by atoms with Gasteiger partial charge >= 0.3 is 0 Å². The summed E-state index contributed by atoms with van der Waals surface area (Å²) in [5.74, 6) is 1.07. The van der Waals surface area contributed by atoms with Crippen molar-refractivity contribution in [3.05, 3.63) is 24.3 Å². The highest BCUT2D eigenvalue weighted by atomic mass is 16.5. The predicted molar refractivity (Wildman–Crippen MR) is 76.0 cm³/mol. The fraction of sp³-hybridized carbons (Fsp3) is 0.429. The molecule has 1 aliphatic rings. The number of fused-ring (bicyclic) bond motifs is 1. The quantitative estimate of drug-likeness (QED) is 0.883. The summed E-state index contributed by atoms with van der Waals surface area (Å²) in [6, 6.07) is 7.71. The van der Waals surface area contributed by atoms with Gasteiger partial charge in [0.2, 0.25) is 0 Å². The average molecular weight is 258 g/mol. The molecule has 1 saturated heterocycles. The molecule has 0 aliphatic carbocycles. The van der Waals surface area contributed by atoms with Crippen molar-refractivity contribution in [3.8, 4) is 0 Å². The molecule has 5 nitrogen and oxygen atoms in total. The fourth-order valence-corrected chi connectivity index (χ4v) is 2.39. The van der Waals surface area contributed by atoms with Crippen LogP contribution in [-0.4, -0.2) is 28.7 Å². The van der Waals surface area contributed by atoms with Crippen LogP contribution in [0, 0.1) is 0 Å². The number of ether oxygens (including phenoxy) is 1. The van der Waals surface area contributed by atoms with E-state index in [2.05, 4.69) is 22.2 Å². The van der Waals surface area contributed by atoms with Crippen LogP contribution >= 0.6 is 0 Å². The Hall–Kier alpha value is -1.88. The number of benzene rings is 1. The number of para-hydroxylation sites is 2. The van der Waals surface area contributed by atoms with E-state index in [1.54, 1.807) is 0 Å². The van der Waals surface area contributed by atoms with E-state index in [1.165, 1.54) is 0 Å². The summed E-state index contributed by atoms with van der Waals surface area (Å²) < 4.78 is 5.74. The van der Waals surface area contributed by atoms with Gasteiger partial charge in [-0.2, -0.15) is 0 Å². The van der Waals surface area contributed by atoms with Crippen molar-refractivity contribution in [2.75, 3.05) is 24.2 Å². The third kappa shape index (κ3) is 2.46. The van der Waals surface area contributed by atoms with Crippen molar-refractivity contribution in [3.63, 3.8) is 0 Å². The average Bonchev–Trinajstić information content (AvgIpc) is 2.84. The van der Waals surface area contributed by atoms with Gasteiger partial charge in [-0.25, -0.2) is 9.97 Å². The van der Waals surface area contributed by atoms with Crippen LogP contribution in [-0.2, 0) is 4.74 Å². The maximum absolute atomic E-state index is 5.94. The zero-order chi connectivity index (χ0) is 13.3. The number of nitrogens with zero attached hydrogens (tertiary/aromatic N) is 2. The molecule has 1 aliphatic heterocycles. The summed E-state index contributed by atoms with van der Waals surface area (Å²) >= 11 is 0. The largest absolute Gasteiger partial charge is 0.381 e. The van der Waals surface area contributed by atoms with E-state index in [-0.39, 0.29) is 5.60 Å². The van der Waals surface area contributed by atoms with Gasteiger partial charge in [0, 0.05) is 13.2 Å². The first-order valence-corrected chi connectivity index (χ1v) is 6.56. The molecule has 2 aromatic rings. The van der Waals surface area contributed by atoms with Gasteiger partial charge in [0.05, 0.1) is 16.6 Å². The van der Waals surface area contributed by atoms with Gasteiger partial charge in [-0.3, -0.25) is 0 Å². The van der Waals surface area contributed by atoms with Crippen molar-refractivity contribution in [1.82, 2.24) is 9.97 Å². The van der Waals surface area contributed by atoms with E-state index < -0.39 is 0 Å². The van der Waals surface area contributed by atoms with Crippen molar-refractivity contribution >= 4 is 22.7 Å². The molecule has 0 saturated carbocycles. The van der Waals surface area contributed by atoms with Crippen LogP contribution < -0.4 is 11.1 Å². The molecule has 3 N–H and O–H groups in total. The molecule has 1 unspecified atom stereocenters. The topological polar surface area (TPSA) is 73.1 Å². The Labute approximate surface area is 112 Å². The predicted octanol–water partition coefficient (Wildman–Crippen LogP) is 2.19. The van der Waals surface area contributed by atoms with Crippen LogP contribution in [0.1, 0.15) is 19.8 Å². The van der Waals surface area contributed by atoms with Crippen LogP contribution in [0.15, 0.2) is 24.3 Å². The molecule has 5 heteroatoms. The highest BCUT2D eigenvalue weighted by molar-refractivity contribution is 5.79. The molecule has 1 aromatic heterocycles. The van der Waals surface area contributed by atoms with E-state index in [0.717, 1.165) is 30.5 Å². The lowest BCUT2D eigenvalue weighted by molar-refractivity contribution is 0.0315. The van der Waals surface area contributed by atoms with Crippen LogP contribution in [0.25, 0.3) is 11.0 Å². The monoisotopic (exact) mass is 258 g/mol. The standard InChI is InChI=1S/C14H18N4O/c1-14(7-4-8-19-14)9-16-13-12(15)17-10-5-2-3-6-11(10)18-13/h2-3,5-6H,4,7-9H2,1H3,(H2,15,17)(H,16,18). The molecule has 100 valence electrons. The minimum Gasteiger partial charge on any atom is -0.381 e. The van der Waals surface area contributed by atoms with Gasteiger partial charge in [-0.1, -0.05) is 12.1 Å². The van der Waals surface area contributed by atoms with Crippen molar-refractivity contribution < 1.29 is 4.74 Å². The highest BCUT2D eigenvalue weighted by Gasteiger charge is 2.29. The number of nitrogens with one attached hydrogen (secondary N) is 1. The first-order valence-electron chi connectivity index (χ1n) is 6.56. The van der Waals surface area contributed by atoms with Gasteiger partial charge in [0.1, 0.15) is 0 Å². The summed E-state index contributed by atoms with van der Waals surface area (Å²) in [5.41, 5.74) is 7.47.